The number of amides is 2. The molecule has 2 aromatic carbocycles. The van der Waals surface area contributed by atoms with Crippen LogP contribution in [-0.2, 0) is 19.1 Å². The number of benzene rings is 2. The molecule has 0 radical (unpaired) electrons. The van der Waals surface area contributed by atoms with Crippen molar-refractivity contribution < 1.29 is 23.9 Å². The first-order valence-electron chi connectivity index (χ1n) is 10.8. The van der Waals surface area contributed by atoms with Crippen molar-refractivity contribution in [2.24, 2.45) is 0 Å². The van der Waals surface area contributed by atoms with Crippen LogP contribution in [0.25, 0.3) is 10.8 Å². The van der Waals surface area contributed by atoms with Crippen molar-refractivity contribution >= 4 is 51.5 Å². The third-order valence-electron chi connectivity index (χ3n) is 4.50. The molecule has 9 heteroatoms. The Hall–Kier alpha value is -4.14. The summed E-state index contributed by atoms with van der Waals surface area (Å²) in [7, 11) is 0. The number of fused-ring (bicyclic) bond motifs is 1. The first-order valence-corrected chi connectivity index (χ1v) is 10.8. The summed E-state index contributed by atoms with van der Waals surface area (Å²) in [6.45, 7) is 7.27. The molecule has 9 nitrogen and oxygen atoms in total. The number of nitrogens with zero attached hydrogens (tertiary/aromatic N) is 1. The van der Waals surface area contributed by atoms with E-state index in [9.17, 15) is 14.4 Å². The van der Waals surface area contributed by atoms with Crippen molar-refractivity contribution in [3.63, 3.8) is 0 Å². The van der Waals surface area contributed by atoms with E-state index in [0.29, 0.717) is 17.1 Å². The van der Waals surface area contributed by atoms with Gasteiger partial charge in [0.05, 0.1) is 18.0 Å². The Kier molecular flexibility index (Phi) is 7.68. The summed E-state index contributed by atoms with van der Waals surface area (Å²) in [5, 5.41) is 10.4. The van der Waals surface area contributed by atoms with Crippen molar-refractivity contribution in [2.45, 2.75) is 39.7 Å². The molecule has 2 amide bonds. The van der Waals surface area contributed by atoms with E-state index in [1.54, 1.807) is 70.4 Å². The Morgan fingerprint density at radius 3 is 2.32 bits per heavy atom. The molecule has 34 heavy (non-hydrogen) atoms. The first-order chi connectivity index (χ1) is 16.1. The number of carbonyl (C=O) groups excluding carboxylic acids is 3. The Balaban J connectivity index is 1.80. The highest BCUT2D eigenvalue weighted by atomic mass is 16.6. The van der Waals surface area contributed by atoms with E-state index < -0.39 is 23.6 Å². The summed E-state index contributed by atoms with van der Waals surface area (Å²) in [5.74, 6) is -1.08. The fourth-order valence-corrected chi connectivity index (χ4v) is 3.15. The van der Waals surface area contributed by atoms with E-state index in [1.165, 1.54) is 0 Å². The van der Waals surface area contributed by atoms with Gasteiger partial charge in [0, 0.05) is 34.5 Å². The van der Waals surface area contributed by atoms with Gasteiger partial charge in [-0.3, -0.25) is 19.9 Å². The molecule has 1 aromatic heterocycles. The number of hydrogen-bond donors (Lipinski definition) is 3. The van der Waals surface area contributed by atoms with Crippen LogP contribution in [0.5, 0.6) is 0 Å². The van der Waals surface area contributed by atoms with E-state index in [-0.39, 0.29) is 13.0 Å². The summed E-state index contributed by atoms with van der Waals surface area (Å²) in [6, 6.07) is 12.5. The fourth-order valence-electron chi connectivity index (χ4n) is 3.15. The highest BCUT2D eigenvalue weighted by Gasteiger charge is 2.17. The predicted octanol–water partition coefficient (Wildman–Crippen LogP) is 5.22. The first kappa shape index (κ1) is 24.5. The lowest BCUT2D eigenvalue weighted by molar-refractivity contribution is -0.145. The number of hydrogen-bond acceptors (Lipinski definition) is 7. The van der Waals surface area contributed by atoms with Crippen molar-refractivity contribution in [3.05, 3.63) is 54.9 Å². The molecule has 3 rings (SSSR count). The van der Waals surface area contributed by atoms with Gasteiger partial charge in [0.15, 0.2) is 0 Å². The second kappa shape index (κ2) is 10.7. The molecule has 0 unspecified atom stereocenters. The van der Waals surface area contributed by atoms with Gasteiger partial charge in [-0.05, 0) is 64.1 Å². The largest absolute Gasteiger partial charge is 0.466 e. The predicted molar refractivity (Wildman–Crippen MR) is 131 cm³/mol. The maximum absolute atomic E-state index is 12.5. The summed E-state index contributed by atoms with van der Waals surface area (Å²) < 4.78 is 10.1. The summed E-state index contributed by atoms with van der Waals surface area (Å²) >= 11 is 0. The molecule has 0 aliphatic rings. The zero-order valence-electron chi connectivity index (χ0n) is 19.6. The van der Waals surface area contributed by atoms with E-state index in [1.807, 2.05) is 12.1 Å². The average molecular weight is 465 g/mol. The number of aromatic nitrogens is 1. The molecule has 0 bridgehead atoms. The second-order valence-electron chi connectivity index (χ2n) is 8.44. The summed E-state index contributed by atoms with van der Waals surface area (Å²) in [5.41, 5.74) is 1.86. The Morgan fingerprint density at radius 2 is 1.65 bits per heavy atom. The van der Waals surface area contributed by atoms with Crippen molar-refractivity contribution in [2.75, 3.05) is 22.6 Å². The summed E-state index contributed by atoms with van der Waals surface area (Å²) in [6.07, 6.45) is 2.39. The molecule has 3 aromatic rings. The fraction of sp³-hybridized carbons (Fsp3) is 0.280. The number of pyridine rings is 1. The smallest absolute Gasteiger partial charge is 0.412 e. The molecule has 0 saturated carbocycles. The lowest BCUT2D eigenvalue weighted by Gasteiger charge is -2.20. The molecular formula is C25H28N4O5. The van der Waals surface area contributed by atoms with Gasteiger partial charge in [-0.15, -0.1) is 0 Å². The minimum atomic E-state index is -0.593. The minimum absolute atomic E-state index is 0.206. The van der Waals surface area contributed by atoms with Crippen LogP contribution < -0.4 is 16.0 Å². The Bertz CT molecular complexity index is 1190. The average Bonchev–Trinajstić information content (AvgIpc) is 2.75. The van der Waals surface area contributed by atoms with Gasteiger partial charge in [0.25, 0.3) is 0 Å². The van der Waals surface area contributed by atoms with Crippen molar-refractivity contribution in [1.29, 1.82) is 0 Å². The van der Waals surface area contributed by atoms with Gasteiger partial charge in [-0.2, -0.15) is 0 Å². The Morgan fingerprint density at radius 1 is 0.941 bits per heavy atom. The zero-order valence-corrected chi connectivity index (χ0v) is 19.6. The molecule has 1 heterocycles. The Labute approximate surface area is 197 Å². The van der Waals surface area contributed by atoms with Crippen LogP contribution in [0.2, 0.25) is 0 Å². The van der Waals surface area contributed by atoms with Crippen molar-refractivity contribution in [3.8, 4) is 0 Å². The summed E-state index contributed by atoms with van der Waals surface area (Å²) in [4.78, 5) is 40.3. The number of nitrogens with one attached hydrogen (secondary N) is 3. The van der Waals surface area contributed by atoms with Gasteiger partial charge >= 0.3 is 12.1 Å². The van der Waals surface area contributed by atoms with E-state index in [0.717, 1.165) is 16.5 Å². The third kappa shape index (κ3) is 6.93. The molecule has 178 valence electrons. The maximum atomic E-state index is 12.5. The normalized spacial score (nSPS) is 10.9. The molecule has 0 aliphatic heterocycles. The molecule has 0 fully saturated rings. The lowest BCUT2D eigenvalue weighted by Crippen LogP contribution is -2.27. The van der Waals surface area contributed by atoms with Crippen LogP contribution >= 0.6 is 0 Å². The van der Waals surface area contributed by atoms with E-state index in [2.05, 4.69) is 20.9 Å². The third-order valence-corrected chi connectivity index (χ3v) is 4.50. The maximum Gasteiger partial charge on any atom is 0.412 e. The topological polar surface area (TPSA) is 119 Å². The molecule has 3 N–H and O–H groups in total. The highest BCUT2D eigenvalue weighted by molar-refractivity contribution is 6.10. The molecule has 0 atom stereocenters. The standard InChI is InChI=1S/C25H28N4O5/c1-5-33-22(31)14-21(30)29-23-19-12-13-26-15-16(19)6-11-20(23)27-17-7-9-18(10-8-17)28-24(32)34-25(2,3)4/h6-13,15,27H,5,14H2,1-4H3,(H,28,32)(H,29,30). The van der Waals surface area contributed by atoms with Crippen LogP contribution in [0.1, 0.15) is 34.1 Å². The minimum Gasteiger partial charge on any atom is -0.466 e. The second-order valence-corrected chi connectivity index (χ2v) is 8.44. The van der Waals surface area contributed by atoms with Gasteiger partial charge < -0.3 is 20.1 Å². The molecule has 0 spiro atoms. The van der Waals surface area contributed by atoms with Gasteiger partial charge in [0.2, 0.25) is 5.91 Å². The van der Waals surface area contributed by atoms with Crippen LogP contribution in [-0.4, -0.2) is 35.2 Å². The quantitative estimate of drug-likeness (QED) is 0.324. The van der Waals surface area contributed by atoms with Crippen LogP contribution in [0.4, 0.5) is 27.5 Å². The lowest BCUT2D eigenvalue weighted by atomic mass is 10.1. The van der Waals surface area contributed by atoms with Gasteiger partial charge in [0.1, 0.15) is 12.0 Å². The van der Waals surface area contributed by atoms with Crippen LogP contribution in [0.3, 0.4) is 0 Å². The monoisotopic (exact) mass is 464 g/mol. The highest BCUT2D eigenvalue weighted by Crippen LogP contribution is 2.33. The van der Waals surface area contributed by atoms with E-state index >= 15 is 0 Å². The number of anilines is 4. The number of rotatable bonds is 7. The number of ether oxygens (including phenoxy) is 2. The van der Waals surface area contributed by atoms with Crippen LogP contribution in [0.15, 0.2) is 54.9 Å². The van der Waals surface area contributed by atoms with E-state index in [4.69, 9.17) is 9.47 Å². The van der Waals surface area contributed by atoms with Gasteiger partial charge in [-0.1, -0.05) is 6.07 Å². The van der Waals surface area contributed by atoms with Gasteiger partial charge in [-0.25, -0.2) is 4.79 Å². The molecule has 0 aliphatic carbocycles. The molecular weight excluding hydrogens is 436 g/mol. The number of carbonyl (C=O) groups is 3. The molecule has 0 saturated heterocycles. The van der Waals surface area contributed by atoms with Crippen LogP contribution in [0, 0.1) is 0 Å². The van der Waals surface area contributed by atoms with Crippen molar-refractivity contribution in [1.82, 2.24) is 4.98 Å². The SMILES string of the molecule is CCOC(=O)CC(=O)Nc1c(Nc2ccc(NC(=O)OC(C)(C)C)cc2)ccc2cnccc12. The number of esters is 1. The zero-order chi connectivity index (χ0) is 24.7.